The van der Waals surface area contributed by atoms with Crippen molar-refractivity contribution in [3.05, 3.63) is 0 Å². The molecule has 0 saturated carbocycles. The Morgan fingerprint density at radius 1 is 1.73 bits per heavy atom. The summed E-state index contributed by atoms with van der Waals surface area (Å²) in [4.78, 5) is 11.0. The summed E-state index contributed by atoms with van der Waals surface area (Å²) in [5.41, 5.74) is 0. The van der Waals surface area contributed by atoms with Crippen LogP contribution in [0.1, 0.15) is 6.92 Å². The van der Waals surface area contributed by atoms with Gasteiger partial charge < -0.3 is 15.2 Å². The van der Waals surface area contributed by atoms with Crippen molar-refractivity contribution in [1.82, 2.24) is 5.32 Å². The van der Waals surface area contributed by atoms with E-state index in [1.165, 1.54) is 0 Å². The summed E-state index contributed by atoms with van der Waals surface area (Å²) in [6, 6.07) is 0. The quantitative estimate of drug-likeness (QED) is 0.514. The van der Waals surface area contributed by atoms with Crippen LogP contribution in [0.2, 0.25) is 0 Å². The fourth-order valence-corrected chi connectivity index (χ4v) is 1.15. The first kappa shape index (κ1) is 8.49. The molecule has 1 fully saturated rings. The van der Waals surface area contributed by atoms with Crippen LogP contribution < -0.4 is 5.32 Å². The van der Waals surface area contributed by atoms with Gasteiger partial charge in [-0.3, -0.25) is 4.79 Å². The number of nitrogens with one attached hydrogen (secondary N) is 1. The van der Waals surface area contributed by atoms with E-state index in [2.05, 4.69) is 5.32 Å². The molecule has 0 bridgehead atoms. The van der Waals surface area contributed by atoms with Crippen molar-refractivity contribution in [3.63, 3.8) is 0 Å². The monoisotopic (exact) mass is 159 g/mol. The van der Waals surface area contributed by atoms with Crippen LogP contribution in [0.4, 0.5) is 0 Å². The smallest absolute Gasteiger partial charge is 0.312 e. The van der Waals surface area contributed by atoms with E-state index in [1.807, 2.05) is 0 Å². The summed E-state index contributed by atoms with van der Waals surface area (Å²) in [7, 11) is 0. The molecule has 1 heterocycles. The van der Waals surface area contributed by atoms with E-state index < -0.39 is 6.10 Å². The third-order valence-corrected chi connectivity index (χ3v) is 1.77. The molecule has 11 heavy (non-hydrogen) atoms. The number of carbonyl (C=O) groups excluding carboxylic acids is 1. The van der Waals surface area contributed by atoms with Gasteiger partial charge in [-0.25, -0.2) is 0 Å². The second-order valence-electron chi connectivity index (χ2n) is 2.58. The predicted molar refractivity (Wildman–Crippen MR) is 39.0 cm³/mol. The van der Waals surface area contributed by atoms with Gasteiger partial charge >= 0.3 is 5.97 Å². The molecule has 0 aromatic heterocycles. The molecule has 0 amide bonds. The highest BCUT2D eigenvalue weighted by atomic mass is 16.5. The molecular formula is C7H13NO3. The molecule has 4 nitrogen and oxygen atoms in total. The fraction of sp³-hybridized carbons (Fsp3) is 0.857. The van der Waals surface area contributed by atoms with Crippen LogP contribution in [0, 0.1) is 5.92 Å². The van der Waals surface area contributed by atoms with Crippen LogP contribution in [0.15, 0.2) is 0 Å². The van der Waals surface area contributed by atoms with E-state index in [-0.39, 0.29) is 11.9 Å². The number of rotatable bonds is 2. The van der Waals surface area contributed by atoms with Gasteiger partial charge in [0.25, 0.3) is 0 Å². The summed E-state index contributed by atoms with van der Waals surface area (Å²) in [5, 5.41) is 12.1. The van der Waals surface area contributed by atoms with E-state index in [0.29, 0.717) is 19.7 Å². The fourth-order valence-electron chi connectivity index (χ4n) is 1.15. The molecule has 1 aliphatic heterocycles. The Labute approximate surface area is 65.5 Å². The average Bonchev–Trinajstić information content (AvgIpc) is 2.36. The van der Waals surface area contributed by atoms with Crippen molar-refractivity contribution in [2.45, 2.75) is 13.0 Å². The Hall–Kier alpha value is -0.610. The zero-order valence-electron chi connectivity index (χ0n) is 6.54. The van der Waals surface area contributed by atoms with Crippen molar-refractivity contribution in [2.75, 3.05) is 19.7 Å². The van der Waals surface area contributed by atoms with Gasteiger partial charge in [0.15, 0.2) is 0 Å². The molecule has 0 aromatic carbocycles. The predicted octanol–water partition coefficient (Wildman–Crippen LogP) is -0.870. The molecule has 0 spiro atoms. The lowest BCUT2D eigenvalue weighted by molar-refractivity contribution is -0.150. The topological polar surface area (TPSA) is 58.6 Å². The lowest BCUT2D eigenvalue weighted by Crippen LogP contribution is -2.28. The van der Waals surface area contributed by atoms with Gasteiger partial charge in [0.05, 0.1) is 18.6 Å². The first-order valence-corrected chi connectivity index (χ1v) is 3.81. The van der Waals surface area contributed by atoms with Crippen molar-refractivity contribution < 1.29 is 14.6 Å². The number of hydrogen-bond acceptors (Lipinski definition) is 4. The molecule has 2 N–H and O–H groups in total. The second kappa shape index (κ2) is 3.69. The molecular weight excluding hydrogens is 146 g/mol. The number of carbonyl (C=O) groups is 1. The van der Waals surface area contributed by atoms with Crippen molar-refractivity contribution in [2.24, 2.45) is 5.92 Å². The van der Waals surface area contributed by atoms with Gasteiger partial charge in [-0.1, -0.05) is 0 Å². The van der Waals surface area contributed by atoms with Gasteiger partial charge in [-0.05, 0) is 6.92 Å². The number of ether oxygens (including phenoxy) is 1. The van der Waals surface area contributed by atoms with Crippen molar-refractivity contribution in [1.29, 1.82) is 0 Å². The van der Waals surface area contributed by atoms with E-state index in [4.69, 9.17) is 4.74 Å². The molecule has 2 atom stereocenters. The summed E-state index contributed by atoms with van der Waals surface area (Å²) >= 11 is 0. The van der Waals surface area contributed by atoms with Crippen molar-refractivity contribution in [3.8, 4) is 0 Å². The highest BCUT2D eigenvalue weighted by Crippen LogP contribution is 2.10. The highest BCUT2D eigenvalue weighted by Gasteiger charge is 2.32. The van der Waals surface area contributed by atoms with Crippen LogP contribution in [0.5, 0.6) is 0 Å². The molecule has 0 aromatic rings. The molecule has 2 unspecified atom stereocenters. The Morgan fingerprint density at radius 2 is 2.45 bits per heavy atom. The van der Waals surface area contributed by atoms with E-state index in [1.54, 1.807) is 6.92 Å². The second-order valence-corrected chi connectivity index (χ2v) is 2.58. The van der Waals surface area contributed by atoms with Gasteiger partial charge in [0.1, 0.15) is 0 Å². The minimum absolute atomic E-state index is 0.301. The Bertz CT molecular complexity index is 149. The highest BCUT2D eigenvalue weighted by molar-refractivity contribution is 5.73. The lowest BCUT2D eigenvalue weighted by Gasteiger charge is -2.10. The van der Waals surface area contributed by atoms with Crippen LogP contribution in [0.3, 0.4) is 0 Å². The maximum Gasteiger partial charge on any atom is 0.312 e. The van der Waals surface area contributed by atoms with Crippen LogP contribution >= 0.6 is 0 Å². The minimum atomic E-state index is -0.575. The number of aliphatic hydroxyl groups excluding tert-OH is 1. The number of esters is 1. The first-order valence-electron chi connectivity index (χ1n) is 3.81. The first-order chi connectivity index (χ1) is 5.25. The SMILES string of the molecule is CCOC(=O)C1CNCC1O. The van der Waals surface area contributed by atoms with Crippen LogP contribution in [-0.4, -0.2) is 36.9 Å². The zero-order valence-corrected chi connectivity index (χ0v) is 6.54. The van der Waals surface area contributed by atoms with E-state index in [0.717, 1.165) is 0 Å². The normalized spacial score (nSPS) is 30.4. The summed E-state index contributed by atoms with van der Waals surface area (Å²) in [6.07, 6.45) is -0.575. The molecule has 0 radical (unpaired) electrons. The Balaban J connectivity index is 2.39. The van der Waals surface area contributed by atoms with Gasteiger partial charge in [0.2, 0.25) is 0 Å². The lowest BCUT2D eigenvalue weighted by atomic mass is 10.1. The van der Waals surface area contributed by atoms with E-state index >= 15 is 0 Å². The number of hydrogen-bond donors (Lipinski definition) is 2. The van der Waals surface area contributed by atoms with Gasteiger partial charge in [0, 0.05) is 13.1 Å². The Morgan fingerprint density at radius 3 is 2.91 bits per heavy atom. The van der Waals surface area contributed by atoms with Crippen molar-refractivity contribution >= 4 is 5.97 Å². The summed E-state index contributed by atoms with van der Waals surface area (Å²) < 4.78 is 4.76. The average molecular weight is 159 g/mol. The number of β-amino-alcohol motifs (C(OH)–C–C–N with tert-alkyl or cyclic N) is 1. The maximum atomic E-state index is 11.0. The summed E-state index contributed by atoms with van der Waals surface area (Å²) in [5.74, 6) is -0.667. The van der Waals surface area contributed by atoms with Gasteiger partial charge in [-0.15, -0.1) is 0 Å². The Kier molecular flexibility index (Phi) is 2.84. The number of aliphatic hydroxyl groups is 1. The third-order valence-electron chi connectivity index (χ3n) is 1.77. The summed E-state index contributed by atoms with van der Waals surface area (Å²) in [6.45, 7) is 3.15. The molecule has 4 heteroatoms. The third kappa shape index (κ3) is 1.91. The largest absolute Gasteiger partial charge is 0.466 e. The van der Waals surface area contributed by atoms with Gasteiger partial charge in [-0.2, -0.15) is 0 Å². The molecule has 64 valence electrons. The molecule has 0 aliphatic carbocycles. The minimum Gasteiger partial charge on any atom is -0.466 e. The zero-order chi connectivity index (χ0) is 8.27. The maximum absolute atomic E-state index is 11.0. The van der Waals surface area contributed by atoms with Crippen LogP contribution in [0.25, 0.3) is 0 Å². The standard InChI is InChI=1S/C7H13NO3/c1-2-11-7(10)5-3-8-4-6(5)9/h5-6,8-9H,2-4H2,1H3. The molecule has 1 saturated heterocycles. The van der Waals surface area contributed by atoms with E-state index in [9.17, 15) is 9.90 Å². The molecule has 1 aliphatic rings. The van der Waals surface area contributed by atoms with Crippen LogP contribution in [-0.2, 0) is 9.53 Å². The molecule has 1 rings (SSSR count).